The fraction of sp³-hybridized carbons (Fsp3) is 0.400. The van der Waals surface area contributed by atoms with E-state index in [0.29, 0.717) is 25.4 Å². The quantitative estimate of drug-likeness (QED) is 0.693. The molecule has 2 amide bonds. The van der Waals surface area contributed by atoms with Crippen LogP contribution in [0.15, 0.2) is 54.9 Å². The number of pyridine rings is 1. The number of amides is 2. The Labute approximate surface area is 182 Å². The van der Waals surface area contributed by atoms with Crippen LogP contribution in [0.4, 0.5) is 0 Å². The molecule has 5 rings (SSSR count). The summed E-state index contributed by atoms with van der Waals surface area (Å²) in [5.41, 5.74) is 3.45. The van der Waals surface area contributed by atoms with Crippen LogP contribution in [-0.4, -0.2) is 57.8 Å². The molecule has 0 bridgehead atoms. The van der Waals surface area contributed by atoms with E-state index < -0.39 is 0 Å². The predicted octanol–water partition coefficient (Wildman–Crippen LogP) is 3.36. The van der Waals surface area contributed by atoms with Crippen LogP contribution < -0.4 is 0 Å². The molecule has 2 saturated heterocycles. The number of H-pyrrole nitrogens is 1. The molecule has 1 N–H and O–H groups in total. The van der Waals surface area contributed by atoms with Crippen LogP contribution in [0.3, 0.4) is 0 Å². The van der Waals surface area contributed by atoms with Crippen molar-refractivity contribution in [3.05, 3.63) is 66.0 Å². The number of aromatic amines is 1. The molecule has 6 heteroatoms. The maximum atomic E-state index is 13.1. The molecule has 4 heterocycles. The van der Waals surface area contributed by atoms with E-state index in [2.05, 4.69) is 34.4 Å². The second kappa shape index (κ2) is 8.53. The Morgan fingerprint density at radius 2 is 1.90 bits per heavy atom. The van der Waals surface area contributed by atoms with E-state index in [1.807, 2.05) is 34.1 Å². The molecule has 0 aliphatic carbocycles. The number of benzene rings is 1. The van der Waals surface area contributed by atoms with E-state index in [-0.39, 0.29) is 17.7 Å². The molecular weight excluding hydrogens is 388 g/mol. The van der Waals surface area contributed by atoms with E-state index in [1.54, 1.807) is 6.20 Å². The first-order valence-electron chi connectivity index (χ1n) is 11.2. The molecule has 1 unspecified atom stereocenters. The third kappa shape index (κ3) is 4.07. The van der Waals surface area contributed by atoms with Gasteiger partial charge >= 0.3 is 0 Å². The Morgan fingerprint density at radius 3 is 2.71 bits per heavy atom. The summed E-state index contributed by atoms with van der Waals surface area (Å²) in [7, 11) is 0. The van der Waals surface area contributed by atoms with Crippen molar-refractivity contribution >= 4 is 22.8 Å². The van der Waals surface area contributed by atoms with Gasteiger partial charge in [0.15, 0.2) is 0 Å². The van der Waals surface area contributed by atoms with Crippen LogP contribution in [-0.2, 0) is 16.0 Å². The zero-order valence-corrected chi connectivity index (χ0v) is 17.7. The molecule has 6 nitrogen and oxygen atoms in total. The van der Waals surface area contributed by atoms with Gasteiger partial charge in [0.05, 0.1) is 5.92 Å². The second-order valence-corrected chi connectivity index (χ2v) is 8.72. The summed E-state index contributed by atoms with van der Waals surface area (Å²) in [4.78, 5) is 37.1. The average molecular weight is 417 g/mol. The standard InChI is InChI=1S/C25H28N4O2/c30-23-15-20(17-29(23)12-8-18-5-2-1-3-6-18)25(31)28-13-9-19(10-14-28)22-16-27-24-21(22)7-4-11-26-24/h1-7,11,16,19-20H,8-10,12-15,17H2,(H,26,27). The average Bonchev–Trinajstić information content (AvgIpc) is 3.41. The Hall–Kier alpha value is -3.15. The number of nitrogens with one attached hydrogen (secondary N) is 1. The van der Waals surface area contributed by atoms with Gasteiger partial charge in [-0.1, -0.05) is 30.3 Å². The first kappa shape index (κ1) is 19.8. The number of piperidine rings is 1. The van der Waals surface area contributed by atoms with Crippen molar-refractivity contribution in [1.82, 2.24) is 19.8 Å². The van der Waals surface area contributed by atoms with E-state index in [4.69, 9.17) is 0 Å². The molecule has 2 aromatic heterocycles. The summed E-state index contributed by atoms with van der Waals surface area (Å²) in [5.74, 6) is 0.497. The highest BCUT2D eigenvalue weighted by Crippen LogP contribution is 2.33. The fourth-order valence-corrected chi connectivity index (χ4v) is 5.05. The lowest BCUT2D eigenvalue weighted by molar-refractivity contribution is -0.136. The lowest BCUT2D eigenvalue weighted by Gasteiger charge is -2.33. The van der Waals surface area contributed by atoms with Crippen LogP contribution in [0.2, 0.25) is 0 Å². The van der Waals surface area contributed by atoms with Gasteiger partial charge in [0.25, 0.3) is 0 Å². The van der Waals surface area contributed by atoms with Crippen LogP contribution >= 0.6 is 0 Å². The first-order valence-corrected chi connectivity index (χ1v) is 11.2. The van der Waals surface area contributed by atoms with Gasteiger partial charge in [0.2, 0.25) is 11.8 Å². The van der Waals surface area contributed by atoms with E-state index in [0.717, 1.165) is 38.0 Å². The van der Waals surface area contributed by atoms with Crippen molar-refractivity contribution < 1.29 is 9.59 Å². The maximum absolute atomic E-state index is 13.1. The third-order valence-electron chi connectivity index (χ3n) is 6.81. The highest BCUT2D eigenvalue weighted by molar-refractivity contribution is 5.89. The van der Waals surface area contributed by atoms with Crippen LogP contribution in [0, 0.1) is 5.92 Å². The summed E-state index contributed by atoms with van der Waals surface area (Å²) < 4.78 is 0. The molecule has 0 saturated carbocycles. The number of hydrogen-bond acceptors (Lipinski definition) is 3. The summed E-state index contributed by atoms with van der Waals surface area (Å²) in [6.07, 6.45) is 6.95. The highest BCUT2D eigenvalue weighted by atomic mass is 16.2. The van der Waals surface area contributed by atoms with Gasteiger partial charge in [0.1, 0.15) is 5.65 Å². The van der Waals surface area contributed by atoms with Crippen molar-refractivity contribution in [2.45, 2.75) is 31.6 Å². The second-order valence-electron chi connectivity index (χ2n) is 8.72. The topological polar surface area (TPSA) is 69.3 Å². The van der Waals surface area contributed by atoms with Crippen molar-refractivity contribution in [3.63, 3.8) is 0 Å². The minimum atomic E-state index is -0.197. The number of nitrogens with zero attached hydrogens (tertiary/aromatic N) is 3. The largest absolute Gasteiger partial charge is 0.346 e. The number of aromatic nitrogens is 2. The molecule has 3 aromatic rings. The number of rotatable bonds is 5. The SMILES string of the molecule is O=C1CC(C(=O)N2CCC(c3c[nH]c4ncccc34)CC2)CN1CCc1ccccc1. The van der Waals surface area contributed by atoms with Crippen molar-refractivity contribution in [2.75, 3.05) is 26.2 Å². The molecular formula is C25H28N4O2. The molecule has 2 aliphatic heterocycles. The predicted molar refractivity (Wildman–Crippen MR) is 119 cm³/mol. The van der Waals surface area contributed by atoms with Gasteiger partial charge in [-0.2, -0.15) is 0 Å². The first-order chi connectivity index (χ1) is 15.2. The highest BCUT2D eigenvalue weighted by Gasteiger charge is 2.37. The molecule has 0 radical (unpaired) electrons. The summed E-state index contributed by atoms with van der Waals surface area (Å²) in [5, 5.41) is 1.18. The molecule has 1 atom stereocenters. The summed E-state index contributed by atoms with van der Waals surface area (Å²) >= 11 is 0. The zero-order valence-electron chi connectivity index (χ0n) is 17.7. The Morgan fingerprint density at radius 1 is 1.10 bits per heavy atom. The number of carbonyl (C=O) groups is 2. The fourth-order valence-electron chi connectivity index (χ4n) is 5.05. The van der Waals surface area contributed by atoms with Gasteiger partial charge in [-0.05, 0) is 48.4 Å². The molecule has 160 valence electrons. The maximum Gasteiger partial charge on any atom is 0.227 e. The Kier molecular flexibility index (Phi) is 5.45. The lowest BCUT2D eigenvalue weighted by Crippen LogP contribution is -2.42. The molecule has 1 aromatic carbocycles. The lowest BCUT2D eigenvalue weighted by atomic mass is 9.89. The van der Waals surface area contributed by atoms with Crippen molar-refractivity contribution in [1.29, 1.82) is 0 Å². The number of hydrogen-bond donors (Lipinski definition) is 1. The van der Waals surface area contributed by atoms with Crippen LogP contribution in [0.25, 0.3) is 11.0 Å². The van der Waals surface area contributed by atoms with Crippen LogP contribution in [0.1, 0.15) is 36.3 Å². The van der Waals surface area contributed by atoms with Gasteiger partial charge < -0.3 is 14.8 Å². The van der Waals surface area contributed by atoms with Gasteiger partial charge in [-0.25, -0.2) is 4.98 Å². The Bertz CT molecular complexity index is 1070. The summed E-state index contributed by atoms with van der Waals surface area (Å²) in [6.45, 7) is 2.75. The smallest absolute Gasteiger partial charge is 0.227 e. The number of likely N-dealkylation sites (tertiary alicyclic amines) is 2. The Balaban J connectivity index is 1.16. The molecule has 0 spiro atoms. The number of carbonyl (C=O) groups excluding carboxylic acids is 2. The van der Waals surface area contributed by atoms with E-state index in [1.165, 1.54) is 16.5 Å². The molecule has 2 aliphatic rings. The van der Waals surface area contributed by atoms with Gasteiger partial charge in [-0.3, -0.25) is 9.59 Å². The van der Waals surface area contributed by atoms with Crippen molar-refractivity contribution in [3.8, 4) is 0 Å². The minimum absolute atomic E-state index is 0.107. The third-order valence-corrected chi connectivity index (χ3v) is 6.81. The number of fused-ring (bicyclic) bond motifs is 1. The van der Waals surface area contributed by atoms with E-state index >= 15 is 0 Å². The van der Waals surface area contributed by atoms with Crippen molar-refractivity contribution in [2.24, 2.45) is 5.92 Å². The van der Waals surface area contributed by atoms with E-state index in [9.17, 15) is 9.59 Å². The molecule has 31 heavy (non-hydrogen) atoms. The van der Waals surface area contributed by atoms with Crippen LogP contribution in [0.5, 0.6) is 0 Å². The normalized spacial score (nSPS) is 20.0. The van der Waals surface area contributed by atoms with Gasteiger partial charge in [0, 0.05) is 50.4 Å². The monoisotopic (exact) mass is 416 g/mol. The summed E-state index contributed by atoms with van der Waals surface area (Å²) in [6, 6.07) is 14.3. The minimum Gasteiger partial charge on any atom is -0.346 e. The van der Waals surface area contributed by atoms with Gasteiger partial charge in [-0.15, -0.1) is 0 Å². The molecule has 2 fully saturated rings. The zero-order chi connectivity index (χ0) is 21.2.